The molecule has 0 bridgehead atoms. The van der Waals surface area contributed by atoms with E-state index >= 15 is 0 Å². The molecule has 0 atom stereocenters. The summed E-state index contributed by atoms with van der Waals surface area (Å²) in [5, 5.41) is 0. The van der Waals surface area contributed by atoms with Gasteiger partial charge in [-0.05, 0) is 66.3 Å². The third-order valence-electron chi connectivity index (χ3n) is 6.13. The third kappa shape index (κ3) is 5.50. The monoisotopic (exact) mass is 466 g/mol. The largest absolute Gasteiger partial charge is 0.497 e. The molecule has 0 aliphatic carbocycles. The number of rotatable bonds is 11. The van der Waals surface area contributed by atoms with Crippen LogP contribution in [0.5, 0.6) is 34.5 Å². The summed E-state index contributed by atoms with van der Waals surface area (Å²) in [5.41, 5.74) is 5.62. The molecule has 0 saturated heterocycles. The summed E-state index contributed by atoms with van der Waals surface area (Å²) in [4.78, 5) is 0. The van der Waals surface area contributed by atoms with E-state index in [-0.39, 0.29) is 0 Å². The first-order valence-electron chi connectivity index (χ1n) is 11.1. The summed E-state index contributed by atoms with van der Waals surface area (Å²) in [7, 11) is 9.99. The number of hydrogen-bond acceptors (Lipinski definition) is 6. The summed E-state index contributed by atoms with van der Waals surface area (Å²) in [5.74, 6) is 4.57. The van der Waals surface area contributed by atoms with Gasteiger partial charge in [-0.25, -0.2) is 0 Å². The zero-order valence-corrected chi connectivity index (χ0v) is 21.1. The Kier molecular flexibility index (Phi) is 8.52. The van der Waals surface area contributed by atoms with Crippen molar-refractivity contribution in [2.75, 3.05) is 42.7 Å². The van der Waals surface area contributed by atoms with E-state index in [9.17, 15) is 0 Å². The Labute approximate surface area is 202 Å². The molecule has 3 aromatic carbocycles. The molecule has 182 valence electrons. The van der Waals surface area contributed by atoms with Crippen LogP contribution in [-0.2, 0) is 19.3 Å². The van der Waals surface area contributed by atoms with Crippen molar-refractivity contribution in [3.05, 3.63) is 70.3 Å². The second-order valence-electron chi connectivity index (χ2n) is 7.95. The van der Waals surface area contributed by atoms with Crippen molar-refractivity contribution in [2.45, 2.75) is 26.2 Å². The van der Waals surface area contributed by atoms with Gasteiger partial charge in [-0.15, -0.1) is 0 Å². The van der Waals surface area contributed by atoms with Gasteiger partial charge < -0.3 is 28.4 Å². The first kappa shape index (κ1) is 25.1. The molecule has 3 aromatic rings. The standard InChI is InChI=1S/C28H34O6/c1-18-21(14-23(30-3)16-26(18)32-5)15-24-20(13-22(29-2)17-27(24)33-6)10-8-19-9-11-25(31-4)28(12-19)34-7/h9,11-14,16-17H,8,10,15H2,1-7H3. The van der Waals surface area contributed by atoms with Crippen molar-refractivity contribution in [3.8, 4) is 34.5 Å². The second kappa shape index (κ2) is 11.5. The number of methoxy groups -OCH3 is 6. The zero-order chi connectivity index (χ0) is 24.7. The number of aryl methyl sites for hydroxylation is 2. The van der Waals surface area contributed by atoms with E-state index in [4.69, 9.17) is 28.4 Å². The lowest BCUT2D eigenvalue weighted by Gasteiger charge is -2.19. The lowest BCUT2D eigenvalue weighted by atomic mass is 9.92. The van der Waals surface area contributed by atoms with Crippen LogP contribution < -0.4 is 28.4 Å². The molecule has 3 rings (SSSR count). The van der Waals surface area contributed by atoms with Crippen molar-refractivity contribution in [2.24, 2.45) is 0 Å². The molecule has 6 nitrogen and oxygen atoms in total. The fourth-order valence-electron chi connectivity index (χ4n) is 4.14. The Hall–Kier alpha value is -3.54. The zero-order valence-electron chi connectivity index (χ0n) is 21.1. The topological polar surface area (TPSA) is 55.4 Å². The minimum atomic E-state index is 0.674. The van der Waals surface area contributed by atoms with Crippen LogP contribution in [0.25, 0.3) is 0 Å². The van der Waals surface area contributed by atoms with E-state index in [0.29, 0.717) is 6.42 Å². The van der Waals surface area contributed by atoms with E-state index in [1.165, 1.54) is 0 Å². The van der Waals surface area contributed by atoms with Crippen LogP contribution in [0, 0.1) is 6.92 Å². The average molecular weight is 467 g/mol. The number of benzene rings is 3. The fourth-order valence-corrected chi connectivity index (χ4v) is 4.14. The molecular weight excluding hydrogens is 432 g/mol. The Morgan fingerprint density at radius 3 is 1.71 bits per heavy atom. The summed E-state index contributed by atoms with van der Waals surface area (Å²) in [6.07, 6.45) is 2.30. The van der Waals surface area contributed by atoms with Crippen LogP contribution in [0.4, 0.5) is 0 Å². The SMILES string of the molecule is COc1cc(Cc2c(CCc3ccc(OC)c(OC)c3)cc(OC)cc2OC)c(C)c(OC)c1. The molecular formula is C28H34O6. The van der Waals surface area contributed by atoms with Crippen molar-refractivity contribution >= 4 is 0 Å². The summed E-state index contributed by atoms with van der Waals surface area (Å²) in [6, 6.07) is 14.0. The quantitative estimate of drug-likeness (QED) is 0.376. The van der Waals surface area contributed by atoms with Gasteiger partial charge in [-0.3, -0.25) is 0 Å². The maximum Gasteiger partial charge on any atom is 0.160 e. The van der Waals surface area contributed by atoms with E-state index in [1.807, 2.05) is 24.3 Å². The summed E-state index contributed by atoms with van der Waals surface area (Å²) < 4.78 is 33.3. The fraction of sp³-hybridized carbons (Fsp3) is 0.357. The van der Waals surface area contributed by atoms with Gasteiger partial charge in [0.05, 0.1) is 42.7 Å². The predicted molar refractivity (Wildman–Crippen MR) is 134 cm³/mol. The predicted octanol–water partition coefficient (Wildman–Crippen LogP) is 5.42. The molecule has 0 spiro atoms. The molecule has 0 saturated carbocycles. The van der Waals surface area contributed by atoms with Crippen molar-refractivity contribution in [1.29, 1.82) is 0 Å². The van der Waals surface area contributed by atoms with E-state index in [0.717, 1.165) is 75.2 Å². The van der Waals surface area contributed by atoms with Crippen molar-refractivity contribution in [1.82, 2.24) is 0 Å². The van der Waals surface area contributed by atoms with Gasteiger partial charge in [0.2, 0.25) is 0 Å². The number of ether oxygens (including phenoxy) is 6. The molecule has 0 aliphatic heterocycles. The van der Waals surface area contributed by atoms with Crippen LogP contribution in [0.15, 0.2) is 42.5 Å². The van der Waals surface area contributed by atoms with Crippen LogP contribution in [-0.4, -0.2) is 42.7 Å². The van der Waals surface area contributed by atoms with E-state index in [1.54, 1.807) is 42.7 Å². The Morgan fingerprint density at radius 2 is 1.12 bits per heavy atom. The van der Waals surface area contributed by atoms with Crippen LogP contribution >= 0.6 is 0 Å². The third-order valence-corrected chi connectivity index (χ3v) is 6.13. The molecule has 0 heterocycles. The molecule has 0 amide bonds. The molecule has 0 radical (unpaired) electrons. The van der Waals surface area contributed by atoms with Gasteiger partial charge in [-0.2, -0.15) is 0 Å². The molecule has 0 unspecified atom stereocenters. The Morgan fingerprint density at radius 1 is 0.529 bits per heavy atom. The summed E-state index contributed by atoms with van der Waals surface area (Å²) >= 11 is 0. The van der Waals surface area contributed by atoms with Gasteiger partial charge >= 0.3 is 0 Å². The van der Waals surface area contributed by atoms with Crippen LogP contribution in [0.1, 0.15) is 27.8 Å². The van der Waals surface area contributed by atoms with Crippen molar-refractivity contribution in [3.63, 3.8) is 0 Å². The van der Waals surface area contributed by atoms with Crippen molar-refractivity contribution < 1.29 is 28.4 Å². The minimum absolute atomic E-state index is 0.674. The lowest BCUT2D eigenvalue weighted by molar-refractivity contribution is 0.354. The molecule has 34 heavy (non-hydrogen) atoms. The minimum Gasteiger partial charge on any atom is -0.497 e. The smallest absolute Gasteiger partial charge is 0.160 e. The molecule has 6 heteroatoms. The van der Waals surface area contributed by atoms with Gasteiger partial charge in [0.1, 0.15) is 23.0 Å². The molecule has 0 fully saturated rings. The average Bonchev–Trinajstić information content (AvgIpc) is 2.88. The van der Waals surface area contributed by atoms with E-state index < -0.39 is 0 Å². The molecule has 0 aliphatic rings. The maximum atomic E-state index is 5.79. The molecule has 0 N–H and O–H groups in total. The molecule has 0 aromatic heterocycles. The number of hydrogen-bond donors (Lipinski definition) is 0. The highest BCUT2D eigenvalue weighted by Crippen LogP contribution is 2.36. The summed E-state index contributed by atoms with van der Waals surface area (Å²) in [6.45, 7) is 2.06. The lowest BCUT2D eigenvalue weighted by Crippen LogP contribution is -2.05. The second-order valence-corrected chi connectivity index (χ2v) is 7.95. The van der Waals surface area contributed by atoms with Crippen LogP contribution in [0.3, 0.4) is 0 Å². The Bertz CT molecular complexity index is 1120. The highest BCUT2D eigenvalue weighted by Gasteiger charge is 2.17. The van der Waals surface area contributed by atoms with Gasteiger partial charge in [-0.1, -0.05) is 6.07 Å². The van der Waals surface area contributed by atoms with Gasteiger partial charge in [0, 0.05) is 24.1 Å². The van der Waals surface area contributed by atoms with Gasteiger partial charge in [0.25, 0.3) is 0 Å². The highest BCUT2D eigenvalue weighted by molar-refractivity contribution is 5.53. The van der Waals surface area contributed by atoms with E-state index in [2.05, 4.69) is 25.1 Å². The van der Waals surface area contributed by atoms with Gasteiger partial charge in [0.15, 0.2) is 11.5 Å². The first-order chi connectivity index (χ1) is 16.5. The highest BCUT2D eigenvalue weighted by atomic mass is 16.5. The normalized spacial score (nSPS) is 10.6. The Balaban J connectivity index is 2.00. The van der Waals surface area contributed by atoms with Crippen LogP contribution in [0.2, 0.25) is 0 Å². The maximum absolute atomic E-state index is 5.79. The first-order valence-corrected chi connectivity index (χ1v) is 11.1.